The Labute approximate surface area is 179 Å². The van der Waals surface area contributed by atoms with Crippen LogP contribution in [0.15, 0.2) is 47.4 Å². The molecule has 2 N–H and O–H groups in total. The number of sulfonamides is 1. The van der Waals surface area contributed by atoms with E-state index in [1.165, 1.54) is 40.7 Å². The van der Waals surface area contributed by atoms with Crippen LogP contribution in [0.2, 0.25) is 0 Å². The van der Waals surface area contributed by atoms with Gasteiger partial charge in [0.2, 0.25) is 10.0 Å². The highest BCUT2D eigenvalue weighted by atomic mass is 32.2. The molecule has 0 aromatic heterocycles. The first-order valence-corrected chi connectivity index (χ1v) is 11.2. The fourth-order valence-corrected chi connectivity index (χ4v) is 5.36. The molecule has 1 saturated heterocycles. The molecule has 31 heavy (non-hydrogen) atoms. The van der Waals surface area contributed by atoms with Gasteiger partial charge in [0.05, 0.1) is 33.9 Å². The summed E-state index contributed by atoms with van der Waals surface area (Å²) in [5.41, 5.74) is 0.720. The summed E-state index contributed by atoms with van der Waals surface area (Å²) >= 11 is 0. The highest BCUT2D eigenvalue weighted by Crippen LogP contribution is 2.25. The maximum absolute atomic E-state index is 12.9. The molecule has 2 aliphatic heterocycles. The number of rotatable bonds is 4. The van der Waals surface area contributed by atoms with E-state index in [-0.39, 0.29) is 52.6 Å². The van der Waals surface area contributed by atoms with E-state index in [9.17, 15) is 22.8 Å². The van der Waals surface area contributed by atoms with E-state index in [1.54, 1.807) is 6.07 Å². The third-order valence-electron chi connectivity index (χ3n) is 5.15. The van der Waals surface area contributed by atoms with Crippen molar-refractivity contribution in [3.05, 3.63) is 59.2 Å². The summed E-state index contributed by atoms with van der Waals surface area (Å²) in [6.07, 6.45) is -0.416. The number of anilines is 1. The molecule has 0 bridgehead atoms. The van der Waals surface area contributed by atoms with E-state index in [1.807, 2.05) is 13.8 Å². The molecule has 0 radical (unpaired) electrons. The zero-order valence-electron chi connectivity index (χ0n) is 16.9. The zero-order chi connectivity index (χ0) is 22.3. The van der Waals surface area contributed by atoms with Crippen LogP contribution < -0.4 is 10.6 Å². The highest BCUT2D eigenvalue weighted by molar-refractivity contribution is 7.89. The molecule has 3 amide bonds. The number of nitrogens with one attached hydrogen (secondary N) is 2. The summed E-state index contributed by atoms with van der Waals surface area (Å²) in [6.45, 7) is 4.16. The number of morpholine rings is 1. The number of carbonyl (C=O) groups is 3. The average Bonchev–Trinajstić information content (AvgIpc) is 3.02. The van der Waals surface area contributed by atoms with E-state index < -0.39 is 27.7 Å². The smallest absolute Gasteiger partial charge is 0.261 e. The van der Waals surface area contributed by atoms with Crippen molar-refractivity contribution >= 4 is 33.4 Å². The third-order valence-corrected chi connectivity index (χ3v) is 7.00. The van der Waals surface area contributed by atoms with Crippen molar-refractivity contribution in [1.29, 1.82) is 0 Å². The fourth-order valence-electron chi connectivity index (χ4n) is 3.77. The minimum absolute atomic E-state index is 0.0796. The second-order valence-corrected chi connectivity index (χ2v) is 9.51. The average molecular weight is 443 g/mol. The lowest BCUT2D eigenvalue weighted by atomic mass is 10.1. The number of ether oxygens (including phenoxy) is 1. The highest BCUT2D eigenvalue weighted by Gasteiger charge is 2.32. The summed E-state index contributed by atoms with van der Waals surface area (Å²) in [7, 11) is -3.72. The molecule has 2 aromatic rings. The van der Waals surface area contributed by atoms with Crippen molar-refractivity contribution in [2.45, 2.75) is 31.0 Å². The normalized spacial score (nSPS) is 21.5. The van der Waals surface area contributed by atoms with Crippen molar-refractivity contribution in [2.24, 2.45) is 0 Å². The van der Waals surface area contributed by atoms with Gasteiger partial charge in [-0.05, 0) is 50.2 Å². The lowest BCUT2D eigenvalue weighted by Gasteiger charge is -2.34. The number of nitrogens with zero attached hydrogens (tertiary/aromatic N) is 1. The number of benzene rings is 2. The molecule has 0 spiro atoms. The minimum atomic E-state index is -3.72. The Morgan fingerprint density at radius 2 is 1.68 bits per heavy atom. The number of amides is 3. The molecular weight excluding hydrogens is 422 g/mol. The SMILES string of the molecule is C[C@@H]1CN(S(=O)(=O)c2ccc(C(=O)Nc3cccc4c3C(=O)NC4=O)cc2)C[C@@H](C)O1. The van der Waals surface area contributed by atoms with Gasteiger partial charge >= 0.3 is 0 Å². The van der Waals surface area contributed by atoms with Crippen LogP contribution in [0, 0.1) is 0 Å². The molecule has 9 nitrogen and oxygen atoms in total. The van der Waals surface area contributed by atoms with Gasteiger partial charge in [-0.3, -0.25) is 19.7 Å². The summed E-state index contributed by atoms with van der Waals surface area (Å²) in [4.78, 5) is 36.5. The third kappa shape index (κ3) is 3.97. The summed E-state index contributed by atoms with van der Waals surface area (Å²) < 4.78 is 32.8. The molecule has 162 valence electrons. The molecular formula is C21H21N3O6S. The van der Waals surface area contributed by atoms with Crippen molar-refractivity contribution in [1.82, 2.24) is 9.62 Å². The van der Waals surface area contributed by atoms with Crippen LogP contribution in [-0.2, 0) is 14.8 Å². The van der Waals surface area contributed by atoms with Crippen LogP contribution in [0.25, 0.3) is 0 Å². The molecule has 4 rings (SSSR count). The van der Waals surface area contributed by atoms with E-state index in [0.717, 1.165) is 0 Å². The molecule has 0 saturated carbocycles. The van der Waals surface area contributed by atoms with Gasteiger partial charge in [-0.15, -0.1) is 0 Å². The summed E-state index contributed by atoms with van der Waals surface area (Å²) in [5, 5.41) is 4.80. The number of hydrogen-bond acceptors (Lipinski definition) is 6. The first-order valence-electron chi connectivity index (χ1n) is 9.72. The summed E-state index contributed by atoms with van der Waals surface area (Å²) in [5.74, 6) is -1.62. The second kappa shape index (κ2) is 7.88. The summed E-state index contributed by atoms with van der Waals surface area (Å²) in [6, 6.07) is 10.1. The molecule has 1 fully saturated rings. The maximum atomic E-state index is 12.9. The van der Waals surface area contributed by atoms with Gasteiger partial charge in [-0.2, -0.15) is 4.31 Å². The predicted octanol–water partition coefficient (Wildman–Crippen LogP) is 1.62. The second-order valence-electron chi connectivity index (χ2n) is 7.57. The van der Waals surface area contributed by atoms with Gasteiger partial charge in [0.15, 0.2) is 0 Å². The predicted molar refractivity (Wildman–Crippen MR) is 111 cm³/mol. The van der Waals surface area contributed by atoms with Gasteiger partial charge < -0.3 is 10.1 Å². The molecule has 0 aliphatic carbocycles. The van der Waals surface area contributed by atoms with Crippen LogP contribution in [-0.4, -0.2) is 55.7 Å². The Hall–Kier alpha value is -3.08. The first-order chi connectivity index (χ1) is 14.7. The Bertz CT molecular complexity index is 1170. The number of imide groups is 1. The van der Waals surface area contributed by atoms with E-state index >= 15 is 0 Å². The van der Waals surface area contributed by atoms with E-state index in [2.05, 4.69) is 10.6 Å². The van der Waals surface area contributed by atoms with Crippen LogP contribution in [0.5, 0.6) is 0 Å². The standard InChI is InChI=1S/C21H21N3O6S/c1-12-10-24(11-13(2)30-12)31(28,29)15-8-6-14(7-9-15)19(25)22-17-5-3-4-16-18(17)21(27)23-20(16)26/h3-9,12-13H,10-11H2,1-2H3,(H,22,25)(H,23,26,27)/t12-,13-/m1/s1. The van der Waals surface area contributed by atoms with E-state index in [4.69, 9.17) is 4.74 Å². The van der Waals surface area contributed by atoms with Gasteiger partial charge in [0.25, 0.3) is 17.7 Å². The first kappa shape index (κ1) is 21.2. The van der Waals surface area contributed by atoms with Gasteiger partial charge in [0, 0.05) is 18.7 Å². The maximum Gasteiger partial charge on any atom is 0.261 e. The number of hydrogen-bond donors (Lipinski definition) is 2. The topological polar surface area (TPSA) is 122 Å². The van der Waals surface area contributed by atoms with Crippen molar-refractivity contribution < 1.29 is 27.5 Å². The molecule has 0 unspecified atom stereocenters. The fraction of sp³-hybridized carbons (Fsp3) is 0.286. The largest absolute Gasteiger partial charge is 0.373 e. The van der Waals surface area contributed by atoms with Crippen molar-refractivity contribution in [3.63, 3.8) is 0 Å². The molecule has 2 aliphatic rings. The van der Waals surface area contributed by atoms with Gasteiger partial charge in [-0.1, -0.05) is 6.07 Å². The van der Waals surface area contributed by atoms with Gasteiger partial charge in [0.1, 0.15) is 0 Å². The lowest BCUT2D eigenvalue weighted by Crippen LogP contribution is -2.48. The van der Waals surface area contributed by atoms with Gasteiger partial charge in [-0.25, -0.2) is 8.42 Å². The Morgan fingerprint density at radius 1 is 1.03 bits per heavy atom. The minimum Gasteiger partial charge on any atom is -0.373 e. The molecule has 2 aromatic carbocycles. The lowest BCUT2D eigenvalue weighted by molar-refractivity contribution is -0.0440. The van der Waals surface area contributed by atoms with Crippen LogP contribution in [0.4, 0.5) is 5.69 Å². The van der Waals surface area contributed by atoms with Crippen molar-refractivity contribution in [3.8, 4) is 0 Å². The Morgan fingerprint density at radius 3 is 2.32 bits per heavy atom. The van der Waals surface area contributed by atoms with Crippen LogP contribution >= 0.6 is 0 Å². The molecule has 10 heteroatoms. The van der Waals surface area contributed by atoms with E-state index in [0.29, 0.717) is 0 Å². The van der Waals surface area contributed by atoms with Crippen molar-refractivity contribution in [2.75, 3.05) is 18.4 Å². The monoisotopic (exact) mass is 443 g/mol. The van der Waals surface area contributed by atoms with Crippen LogP contribution in [0.3, 0.4) is 0 Å². The quantitative estimate of drug-likeness (QED) is 0.693. The number of carbonyl (C=O) groups excluding carboxylic acids is 3. The van der Waals surface area contributed by atoms with Crippen LogP contribution in [0.1, 0.15) is 44.9 Å². The molecule has 2 heterocycles. The molecule has 2 atom stereocenters. The Balaban J connectivity index is 1.53. The zero-order valence-corrected chi connectivity index (χ0v) is 17.7. The number of fused-ring (bicyclic) bond motifs is 1. The Kier molecular flexibility index (Phi) is 5.38.